The summed E-state index contributed by atoms with van der Waals surface area (Å²) >= 11 is 0. The van der Waals surface area contributed by atoms with Gasteiger partial charge in [0, 0.05) is 20.1 Å². The van der Waals surface area contributed by atoms with E-state index in [9.17, 15) is 14.4 Å². The molecule has 0 aromatic rings. The molecular weight excluding hydrogens is 312 g/mol. The second-order valence-corrected chi connectivity index (χ2v) is 7.57. The zero-order valence-electron chi connectivity index (χ0n) is 15.8. The molecule has 1 aliphatic rings. The van der Waals surface area contributed by atoms with Crippen LogP contribution in [0.15, 0.2) is 0 Å². The van der Waals surface area contributed by atoms with Crippen LogP contribution in [0.1, 0.15) is 41.0 Å². The summed E-state index contributed by atoms with van der Waals surface area (Å²) in [5, 5.41) is 0. The van der Waals surface area contributed by atoms with Gasteiger partial charge in [-0.1, -0.05) is 13.8 Å². The number of likely N-dealkylation sites (tertiary alicyclic amines) is 1. The Kier molecular flexibility index (Phi) is 6.63. The second-order valence-electron chi connectivity index (χ2n) is 7.57. The molecule has 0 aromatic carbocycles. The minimum Gasteiger partial charge on any atom is -0.458 e. The van der Waals surface area contributed by atoms with E-state index in [0.29, 0.717) is 19.5 Å². The minimum absolute atomic E-state index is 0.0769. The van der Waals surface area contributed by atoms with Gasteiger partial charge in [0.25, 0.3) is 0 Å². The molecular formula is C17H30N2O5. The normalized spacial score (nSPS) is 19.2. The number of methoxy groups -OCH3 is 1. The van der Waals surface area contributed by atoms with E-state index in [4.69, 9.17) is 4.74 Å². The average molecular weight is 342 g/mol. The number of carbonyl (C=O) groups excluding carboxylic acids is 3. The first-order valence-electron chi connectivity index (χ1n) is 8.30. The van der Waals surface area contributed by atoms with E-state index in [0.717, 1.165) is 0 Å². The van der Waals surface area contributed by atoms with Crippen LogP contribution in [0.25, 0.3) is 0 Å². The Labute approximate surface area is 144 Å². The van der Waals surface area contributed by atoms with Gasteiger partial charge in [0.05, 0.1) is 13.0 Å². The van der Waals surface area contributed by atoms with Crippen LogP contribution in [0.5, 0.6) is 0 Å². The maximum absolute atomic E-state index is 12.8. The molecule has 0 aliphatic carbocycles. The number of carbonyl (C=O) groups is 3. The van der Waals surface area contributed by atoms with Crippen molar-refractivity contribution in [3.8, 4) is 0 Å². The molecule has 0 aromatic heterocycles. The Bertz CT molecular complexity index is 484. The van der Waals surface area contributed by atoms with Crippen LogP contribution < -0.4 is 0 Å². The Morgan fingerprint density at radius 1 is 1.21 bits per heavy atom. The summed E-state index contributed by atoms with van der Waals surface area (Å²) in [5.41, 5.74) is -0.608. The minimum atomic E-state index is -0.649. The number of nitrogens with zero attached hydrogens (tertiary/aromatic N) is 2. The van der Waals surface area contributed by atoms with Crippen LogP contribution in [-0.4, -0.2) is 66.7 Å². The molecule has 138 valence electrons. The van der Waals surface area contributed by atoms with Crippen LogP contribution in [-0.2, 0) is 19.1 Å². The van der Waals surface area contributed by atoms with E-state index in [1.54, 1.807) is 27.8 Å². The summed E-state index contributed by atoms with van der Waals surface area (Å²) in [6.07, 6.45) is 0.137. The first-order valence-corrected chi connectivity index (χ1v) is 8.30. The molecule has 0 saturated carbocycles. The molecule has 24 heavy (non-hydrogen) atoms. The van der Waals surface area contributed by atoms with Crippen LogP contribution in [0.4, 0.5) is 4.79 Å². The van der Waals surface area contributed by atoms with Crippen molar-refractivity contribution in [3.63, 3.8) is 0 Å². The van der Waals surface area contributed by atoms with Crippen molar-refractivity contribution < 1.29 is 23.9 Å². The first-order chi connectivity index (χ1) is 11.0. The summed E-state index contributed by atoms with van der Waals surface area (Å²) in [4.78, 5) is 39.8. The highest BCUT2D eigenvalue weighted by Gasteiger charge is 2.39. The number of likely N-dealkylation sites (N-methyl/N-ethyl adjacent to an activating group) is 1. The van der Waals surface area contributed by atoms with Gasteiger partial charge >= 0.3 is 12.1 Å². The Balaban J connectivity index is 2.81. The van der Waals surface area contributed by atoms with E-state index < -0.39 is 23.7 Å². The van der Waals surface area contributed by atoms with E-state index >= 15 is 0 Å². The van der Waals surface area contributed by atoms with Gasteiger partial charge in [-0.2, -0.15) is 0 Å². The fraction of sp³-hybridized carbons (Fsp3) is 0.824. The monoisotopic (exact) mass is 342 g/mol. The van der Waals surface area contributed by atoms with Gasteiger partial charge in [-0.3, -0.25) is 4.79 Å². The summed E-state index contributed by atoms with van der Waals surface area (Å²) in [6.45, 7) is 9.96. The Hall–Kier alpha value is -1.79. The molecule has 1 saturated heterocycles. The third-order valence-corrected chi connectivity index (χ3v) is 4.01. The maximum Gasteiger partial charge on any atom is 0.409 e. The van der Waals surface area contributed by atoms with Crippen molar-refractivity contribution in [2.75, 3.05) is 27.2 Å². The van der Waals surface area contributed by atoms with Crippen molar-refractivity contribution in [1.29, 1.82) is 0 Å². The van der Waals surface area contributed by atoms with E-state index in [1.165, 1.54) is 16.9 Å². The van der Waals surface area contributed by atoms with Crippen LogP contribution in [0.2, 0.25) is 0 Å². The zero-order chi connectivity index (χ0) is 18.7. The first kappa shape index (κ1) is 20.3. The summed E-state index contributed by atoms with van der Waals surface area (Å²) in [7, 11) is 2.94. The molecule has 2 amide bonds. The predicted octanol–water partition coefficient (Wildman–Crippen LogP) is 1.90. The molecule has 0 spiro atoms. The molecule has 7 nitrogen and oxygen atoms in total. The van der Waals surface area contributed by atoms with Gasteiger partial charge in [-0.25, -0.2) is 9.59 Å². The van der Waals surface area contributed by atoms with Crippen molar-refractivity contribution >= 4 is 18.0 Å². The second kappa shape index (κ2) is 7.85. The maximum atomic E-state index is 12.8. The van der Waals surface area contributed by atoms with Gasteiger partial charge in [-0.15, -0.1) is 0 Å². The fourth-order valence-electron chi connectivity index (χ4n) is 2.92. The number of ether oxygens (including phenoxy) is 2. The summed E-state index contributed by atoms with van der Waals surface area (Å²) in [6, 6.07) is -0.649. The third-order valence-electron chi connectivity index (χ3n) is 4.01. The smallest absolute Gasteiger partial charge is 0.409 e. The number of rotatable bonds is 4. The zero-order valence-corrected chi connectivity index (χ0v) is 15.8. The van der Waals surface area contributed by atoms with E-state index in [2.05, 4.69) is 4.74 Å². The molecule has 1 rings (SSSR count). The number of hydrogen-bond donors (Lipinski definition) is 0. The number of hydrogen-bond acceptors (Lipinski definition) is 5. The molecule has 1 heterocycles. The fourth-order valence-corrected chi connectivity index (χ4v) is 2.92. The molecule has 0 radical (unpaired) electrons. The molecule has 0 N–H and O–H groups in total. The highest BCUT2D eigenvalue weighted by Crippen LogP contribution is 2.23. The summed E-state index contributed by atoms with van der Waals surface area (Å²) < 4.78 is 10.1. The van der Waals surface area contributed by atoms with Gasteiger partial charge in [0.15, 0.2) is 0 Å². The highest BCUT2D eigenvalue weighted by molar-refractivity contribution is 5.86. The lowest BCUT2D eigenvalue weighted by atomic mass is 9.99. The molecule has 7 heteroatoms. The number of amides is 2. The molecule has 0 bridgehead atoms. The standard InChI is InChI=1S/C17H30N2O5/c1-11(2)13(15(21)24-17(3,4)5)18(6)14(20)12-8-9-19(10-12)16(22)23-7/h11-13H,8-10H2,1-7H3. The molecule has 2 unspecified atom stereocenters. The Morgan fingerprint density at radius 2 is 1.79 bits per heavy atom. The van der Waals surface area contributed by atoms with Crippen LogP contribution in [0, 0.1) is 11.8 Å². The SMILES string of the molecule is COC(=O)N1CCC(C(=O)N(C)C(C(=O)OC(C)(C)C)C(C)C)C1. The lowest BCUT2D eigenvalue weighted by Gasteiger charge is -2.33. The molecule has 1 fully saturated rings. The number of esters is 1. The van der Waals surface area contributed by atoms with Gasteiger partial charge in [-0.05, 0) is 33.1 Å². The third kappa shape index (κ3) is 5.11. The lowest BCUT2D eigenvalue weighted by Crippen LogP contribution is -2.50. The van der Waals surface area contributed by atoms with E-state index in [1.807, 2.05) is 13.8 Å². The Morgan fingerprint density at radius 3 is 2.25 bits per heavy atom. The summed E-state index contributed by atoms with van der Waals surface area (Å²) in [5.74, 6) is -0.952. The quantitative estimate of drug-likeness (QED) is 0.729. The topological polar surface area (TPSA) is 76.2 Å². The largest absolute Gasteiger partial charge is 0.458 e. The van der Waals surface area contributed by atoms with Gasteiger partial charge in [0.2, 0.25) is 5.91 Å². The van der Waals surface area contributed by atoms with Gasteiger partial charge < -0.3 is 19.3 Å². The van der Waals surface area contributed by atoms with Crippen molar-refractivity contribution in [2.24, 2.45) is 11.8 Å². The van der Waals surface area contributed by atoms with Crippen molar-refractivity contribution in [3.05, 3.63) is 0 Å². The van der Waals surface area contributed by atoms with Crippen molar-refractivity contribution in [2.45, 2.75) is 52.7 Å². The van der Waals surface area contributed by atoms with E-state index in [-0.39, 0.29) is 17.7 Å². The average Bonchev–Trinajstić information content (AvgIpc) is 2.92. The van der Waals surface area contributed by atoms with Gasteiger partial charge in [0.1, 0.15) is 11.6 Å². The van der Waals surface area contributed by atoms with Crippen LogP contribution >= 0.6 is 0 Å². The predicted molar refractivity (Wildman–Crippen MR) is 89.3 cm³/mol. The lowest BCUT2D eigenvalue weighted by molar-refractivity contribution is -0.166. The molecule has 1 aliphatic heterocycles. The van der Waals surface area contributed by atoms with Crippen molar-refractivity contribution in [1.82, 2.24) is 9.80 Å². The van der Waals surface area contributed by atoms with Crippen LogP contribution in [0.3, 0.4) is 0 Å². The highest BCUT2D eigenvalue weighted by atomic mass is 16.6. The molecule has 2 atom stereocenters.